The quantitative estimate of drug-likeness (QED) is 0.162. The fourth-order valence-electron chi connectivity index (χ4n) is 1.96. The highest BCUT2D eigenvalue weighted by molar-refractivity contribution is 5.95. The number of hydrogen-bond donors (Lipinski definition) is 6. The highest BCUT2D eigenvalue weighted by Gasteiger charge is 2.20. The summed E-state index contributed by atoms with van der Waals surface area (Å²) in [6.45, 7) is 2.63. The number of aliphatic hydroxyl groups excluding tert-OH is 1. The van der Waals surface area contributed by atoms with Gasteiger partial charge in [0.05, 0.1) is 6.61 Å². The minimum absolute atomic E-state index is 0.0413. The molecule has 0 radical (unpaired) electrons. The van der Waals surface area contributed by atoms with Gasteiger partial charge in [0.2, 0.25) is 11.8 Å². The number of aliphatic hydroxyl groups is 1. The zero-order valence-electron chi connectivity index (χ0n) is 15.2. The van der Waals surface area contributed by atoms with Gasteiger partial charge in [0, 0.05) is 65.2 Å². The van der Waals surface area contributed by atoms with Gasteiger partial charge in [-0.1, -0.05) is 0 Å². The second-order valence-corrected chi connectivity index (χ2v) is 5.30. The summed E-state index contributed by atoms with van der Waals surface area (Å²) in [5.41, 5.74) is 10.7. The smallest absolute Gasteiger partial charge is 0.407 e. The van der Waals surface area contributed by atoms with Crippen LogP contribution in [0.5, 0.6) is 0 Å². The Morgan fingerprint density at radius 3 is 1.88 bits per heavy atom. The lowest BCUT2D eigenvalue weighted by atomic mass is 10.3. The van der Waals surface area contributed by atoms with E-state index >= 15 is 0 Å². The first-order valence-electron chi connectivity index (χ1n) is 8.73. The third kappa shape index (κ3) is 12.6. The van der Waals surface area contributed by atoms with Crippen LogP contribution in [0.15, 0.2) is 0 Å². The molecule has 0 aliphatic carbocycles. The molecule has 11 nitrogen and oxygen atoms in total. The number of carbonyl (C=O) groups is 3. The molecule has 0 rings (SSSR count). The summed E-state index contributed by atoms with van der Waals surface area (Å²) in [4.78, 5) is 37.1. The van der Waals surface area contributed by atoms with Crippen molar-refractivity contribution in [1.82, 2.24) is 20.9 Å². The van der Waals surface area contributed by atoms with Crippen LogP contribution in [-0.2, 0) is 14.3 Å². The maximum Gasteiger partial charge on any atom is 0.407 e. The normalized spacial score (nSPS) is 10.4. The largest absolute Gasteiger partial charge is 0.447 e. The topological polar surface area (TPSA) is 172 Å². The van der Waals surface area contributed by atoms with Crippen molar-refractivity contribution in [3.05, 3.63) is 0 Å². The van der Waals surface area contributed by atoms with Gasteiger partial charge in [-0.25, -0.2) is 4.79 Å². The number of amides is 3. The van der Waals surface area contributed by atoms with Gasteiger partial charge in [0.15, 0.2) is 0 Å². The third-order valence-electron chi connectivity index (χ3n) is 3.20. The van der Waals surface area contributed by atoms with Crippen LogP contribution in [0.25, 0.3) is 0 Å². The van der Waals surface area contributed by atoms with E-state index in [9.17, 15) is 14.4 Å². The molecule has 0 atom stereocenters. The molecule has 0 bridgehead atoms. The number of ether oxygens (including phenoxy) is 1. The number of nitrogens with zero attached hydrogens (tertiary/aromatic N) is 1. The second-order valence-electron chi connectivity index (χ2n) is 5.30. The van der Waals surface area contributed by atoms with Crippen molar-refractivity contribution in [1.29, 1.82) is 0 Å². The van der Waals surface area contributed by atoms with Crippen LogP contribution in [0.2, 0.25) is 0 Å². The molecule has 0 unspecified atom stereocenters. The average molecular weight is 376 g/mol. The Labute approximate surface area is 153 Å². The Balaban J connectivity index is 4.44. The van der Waals surface area contributed by atoms with Crippen molar-refractivity contribution in [2.45, 2.75) is 12.8 Å². The summed E-state index contributed by atoms with van der Waals surface area (Å²) in [6, 6.07) is 0. The summed E-state index contributed by atoms with van der Waals surface area (Å²) in [5, 5.41) is 17.0. The zero-order chi connectivity index (χ0) is 19.6. The number of imide groups is 1. The summed E-state index contributed by atoms with van der Waals surface area (Å²) in [5.74, 6) is -0.659. The molecule has 0 spiro atoms. The predicted octanol–water partition coefficient (Wildman–Crippen LogP) is -3.06. The fourth-order valence-corrected chi connectivity index (χ4v) is 1.96. The predicted molar refractivity (Wildman–Crippen MR) is 96.2 cm³/mol. The summed E-state index contributed by atoms with van der Waals surface area (Å²) < 4.78 is 4.65. The molecule has 26 heavy (non-hydrogen) atoms. The lowest BCUT2D eigenvalue weighted by molar-refractivity contribution is -0.144. The summed E-state index contributed by atoms with van der Waals surface area (Å²) in [6.07, 6.45) is -0.415. The molecule has 0 aromatic rings. The lowest BCUT2D eigenvalue weighted by Crippen LogP contribution is -2.44. The molecule has 152 valence electrons. The van der Waals surface area contributed by atoms with Gasteiger partial charge in [0.25, 0.3) is 0 Å². The fraction of sp³-hybridized carbons (Fsp3) is 0.800. The molecular weight excluding hydrogens is 344 g/mol. The van der Waals surface area contributed by atoms with Gasteiger partial charge in [-0.05, 0) is 0 Å². The standard InChI is InChI=1S/C15H32N6O5/c16-3-7-18-5-1-13(23)21(14(24)2-6-19-8-4-17)10-9-20-15(25)26-12-11-22/h18-19,22H,1-12,16-17H2,(H,20,25). The molecule has 0 aliphatic rings. The SMILES string of the molecule is NCCNCCC(=O)N(CCNC(=O)OCCO)C(=O)CCNCCN. The van der Waals surface area contributed by atoms with Crippen LogP contribution >= 0.6 is 0 Å². The Kier molecular flexibility index (Phi) is 15.5. The number of hydrogen-bond acceptors (Lipinski definition) is 9. The van der Waals surface area contributed by atoms with Crippen LogP contribution in [0.4, 0.5) is 4.79 Å². The maximum absolute atomic E-state index is 12.3. The first-order chi connectivity index (χ1) is 12.6. The molecular formula is C15H32N6O5. The Morgan fingerprint density at radius 1 is 0.885 bits per heavy atom. The van der Waals surface area contributed by atoms with Crippen LogP contribution in [-0.4, -0.2) is 93.5 Å². The number of nitrogens with two attached hydrogens (primary N) is 2. The van der Waals surface area contributed by atoms with Crippen LogP contribution in [0.3, 0.4) is 0 Å². The van der Waals surface area contributed by atoms with Gasteiger partial charge < -0.3 is 37.3 Å². The first kappa shape index (κ1) is 24.2. The van der Waals surface area contributed by atoms with E-state index in [4.69, 9.17) is 16.6 Å². The Morgan fingerprint density at radius 2 is 1.42 bits per heavy atom. The molecule has 0 saturated heterocycles. The lowest BCUT2D eigenvalue weighted by Gasteiger charge is -2.21. The van der Waals surface area contributed by atoms with E-state index in [1.807, 2.05) is 0 Å². The van der Waals surface area contributed by atoms with Crippen molar-refractivity contribution >= 4 is 17.9 Å². The molecule has 8 N–H and O–H groups in total. The van der Waals surface area contributed by atoms with Gasteiger partial charge >= 0.3 is 6.09 Å². The molecule has 0 saturated carbocycles. The van der Waals surface area contributed by atoms with Gasteiger partial charge in [-0.15, -0.1) is 0 Å². The molecule has 0 aromatic carbocycles. The van der Waals surface area contributed by atoms with Gasteiger partial charge in [0.1, 0.15) is 6.61 Å². The Bertz CT molecular complexity index is 386. The summed E-state index contributed by atoms with van der Waals surface area (Å²) >= 11 is 0. The van der Waals surface area contributed by atoms with Crippen molar-refractivity contribution in [2.24, 2.45) is 11.5 Å². The van der Waals surface area contributed by atoms with E-state index in [1.54, 1.807) is 0 Å². The minimum Gasteiger partial charge on any atom is -0.447 e. The van der Waals surface area contributed by atoms with Crippen LogP contribution in [0, 0.1) is 0 Å². The number of rotatable bonds is 15. The molecule has 0 heterocycles. The number of nitrogens with one attached hydrogen (secondary N) is 3. The molecule has 0 fully saturated rings. The van der Waals surface area contributed by atoms with E-state index in [-0.39, 0.29) is 51.0 Å². The van der Waals surface area contributed by atoms with E-state index in [1.165, 1.54) is 0 Å². The van der Waals surface area contributed by atoms with E-state index in [0.29, 0.717) is 39.3 Å². The molecule has 11 heteroatoms. The highest BCUT2D eigenvalue weighted by atomic mass is 16.6. The van der Waals surface area contributed by atoms with E-state index < -0.39 is 6.09 Å². The Hall–Kier alpha value is -1.79. The third-order valence-corrected chi connectivity index (χ3v) is 3.20. The molecule has 0 aliphatic heterocycles. The van der Waals surface area contributed by atoms with Crippen LogP contribution in [0.1, 0.15) is 12.8 Å². The van der Waals surface area contributed by atoms with Crippen molar-refractivity contribution in [3.8, 4) is 0 Å². The zero-order valence-corrected chi connectivity index (χ0v) is 15.2. The van der Waals surface area contributed by atoms with Crippen LogP contribution < -0.4 is 27.4 Å². The van der Waals surface area contributed by atoms with Gasteiger partial charge in [-0.2, -0.15) is 0 Å². The minimum atomic E-state index is -0.715. The average Bonchev–Trinajstić information content (AvgIpc) is 2.63. The van der Waals surface area contributed by atoms with E-state index in [2.05, 4.69) is 20.7 Å². The molecule has 0 aromatic heterocycles. The summed E-state index contributed by atoms with van der Waals surface area (Å²) in [7, 11) is 0. The van der Waals surface area contributed by atoms with Gasteiger partial charge in [-0.3, -0.25) is 14.5 Å². The highest BCUT2D eigenvalue weighted by Crippen LogP contribution is 1.98. The second kappa shape index (κ2) is 16.7. The number of alkyl carbamates (subject to hydrolysis) is 1. The van der Waals surface area contributed by atoms with E-state index in [0.717, 1.165) is 4.90 Å². The maximum atomic E-state index is 12.3. The van der Waals surface area contributed by atoms with Crippen molar-refractivity contribution in [3.63, 3.8) is 0 Å². The van der Waals surface area contributed by atoms with Crippen molar-refractivity contribution in [2.75, 3.05) is 65.6 Å². The number of carbonyl (C=O) groups excluding carboxylic acids is 3. The first-order valence-corrected chi connectivity index (χ1v) is 8.73. The monoisotopic (exact) mass is 376 g/mol. The van der Waals surface area contributed by atoms with Crippen molar-refractivity contribution < 1.29 is 24.2 Å². The molecule has 3 amide bonds.